The minimum atomic E-state index is 0.121. The zero-order valence-corrected chi connectivity index (χ0v) is 17.9. The first-order chi connectivity index (χ1) is 12.8. The molecule has 27 heavy (non-hydrogen) atoms. The molecule has 3 aromatic rings. The molecule has 0 aliphatic rings. The van der Waals surface area contributed by atoms with Crippen molar-refractivity contribution in [2.75, 3.05) is 0 Å². The third kappa shape index (κ3) is 4.30. The topological polar surface area (TPSA) is 36.7 Å². The molecule has 0 bridgehead atoms. The molecule has 0 N–H and O–H groups in total. The first-order valence-corrected chi connectivity index (χ1v) is 9.74. The van der Waals surface area contributed by atoms with Gasteiger partial charge in [-0.1, -0.05) is 69.6 Å². The second-order valence-electron chi connectivity index (χ2n) is 5.56. The van der Waals surface area contributed by atoms with Gasteiger partial charge in [-0.05, 0) is 41.5 Å². The van der Waals surface area contributed by atoms with Crippen LogP contribution in [0.4, 0.5) is 0 Å². The molecule has 8 heteroatoms. The van der Waals surface area contributed by atoms with Gasteiger partial charge in [0.15, 0.2) is 0 Å². The number of halogens is 6. The van der Waals surface area contributed by atoms with Crippen LogP contribution < -0.4 is 0 Å². The van der Waals surface area contributed by atoms with Crippen molar-refractivity contribution in [3.05, 3.63) is 72.4 Å². The van der Waals surface area contributed by atoms with Gasteiger partial charge in [0.1, 0.15) is 0 Å². The predicted molar refractivity (Wildman–Crippen MR) is 114 cm³/mol. The lowest BCUT2D eigenvalue weighted by Gasteiger charge is -2.12. The minimum absolute atomic E-state index is 0.121. The molecule has 0 spiro atoms. The Labute approximate surface area is 186 Å². The van der Waals surface area contributed by atoms with Crippen LogP contribution in [0.1, 0.15) is 5.69 Å². The number of rotatable bonds is 3. The molecule has 0 fully saturated rings. The maximum absolute atomic E-state index is 9.12. The highest BCUT2D eigenvalue weighted by molar-refractivity contribution is 6.49. The molecular formula is C19H8Cl6N2. The van der Waals surface area contributed by atoms with E-state index in [1.54, 1.807) is 30.5 Å². The van der Waals surface area contributed by atoms with Crippen LogP contribution in [-0.4, -0.2) is 4.98 Å². The van der Waals surface area contributed by atoms with E-state index in [4.69, 9.17) is 74.9 Å². The van der Waals surface area contributed by atoms with Gasteiger partial charge >= 0.3 is 0 Å². The molecule has 0 aliphatic heterocycles. The Kier molecular flexibility index (Phi) is 6.43. The molecule has 0 atom stereocenters. The highest BCUT2D eigenvalue weighted by Crippen LogP contribution is 2.39. The SMILES string of the molecule is N#CCc1ncc(-c2cc(Cl)c(Cl)c(Cl)c2)cc1-c1cc(Cl)c(Cl)c(Cl)c1. The number of pyridine rings is 1. The molecule has 0 saturated carbocycles. The van der Waals surface area contributed by atoms with E-state index in [1.165, 1.54) is 0 Å². The average molecular weight is 477 g/mol. The molecule has 2 nitrogen and oxygen atoms in total. The highest BCUT2D eigenvalue weighted by atomic mass is 35.5. The fourth-order valence-corrected chi connectivity index (χ4v) is 3.74. The van der Waals surface area contributed by atoms with E-state index in [1.807, 2.05) is 6.07 Å². The number of benzene rings is 2. The number of aromatic nitrogens is 1. The quantitative estimate of drug-likeness (QED) is 0.356. The molecule has 0 aliphatic carbocycles. The lowest BCUT2D eigenvalue weighted by molar-refractivity contribution is 1.12. The lowest BCUT2D eigenvalue weighted by Crippen LogP contribution is -1.95. The van der Waals surface area contributed by atoms with Gasteiger partial charge in [0, 0.05) is 17.3 Å². The fraction of sp³-hybridized carbons (Fsp3) is 0.0526. The Morgan fingerprint density at radius 2 is 1.19 bits per heavy atom. The Balaban J connectivity index is 2.22. The summed E-state index contributed by atoms with van der Waals surface area (Å²) in [7, 11) is 0. The average Bonchev–Trinajstić information content (AvgIpc) is 2.64. The van der Waals surface area contributed by atoms with Gasteiger partial charge in [-0.15, -0.1) is 0 Å². The second kappa shape index (κ2) is 8.45. The first-order valence-electron chi connectivity index (χ1n) is 7.47. The van der Waals surface area contributed by atoms with Gasteiger partial charge in [0.2, 0.25) is 0 Å². The van der Waals surface area contributed by atoms with E-state index < -0.39 is 0 Å². The van der Waals surface area contributed by atoms with Crippen LogP contribution in [0.3, 0.4) is 0 Å². The van der Waals surface area contributed by atoms with Crippen LogP contribution >= 0.6 is 69.6 Å². The number of hydrogen-bond acceptors (Lipinski definition) is 2. The Bertz CT molecular complexity index is 1040. The van der Waals surface area contributed by atoms with E-state index in [9.17, 15) is 0 Å². The van der Waals surface area contributed by atoms with Crippen LogP contribution in [0, 0.1) is 11.3 Å². The maximum Gasteiger partial charge on any atom is 0.0781 e. The highest BCUT2D eigenvalue weighted by Gasteiger charge is 2.14. The molecule has 0 unspecified atom stereocenters. The van der Waals surface area contributed by atoms with Gasteiger partial charge < -0.3 is 0 Å². The molecule has 3 rings (SSSR count). The normalized spacial score (nSPS) is 10.7. The van der Waals surface area contributed by atoms with Crippen molar-refractivity contribution in [2.24, 2.45) is 0 Å². The molecule has 0 amide bonds. The summed E-state index contributed by atoms with van der Waals surface area (Å²) in [6.45, 7) is 0. The van der Waals surface area contributed by atoms with Crippen LogP contribution in [0.5, 0.6) is 0 Å². The first kappa shape index (κ1) is 20.6. The number of nitrogens with zero attached hydrogens (tertiary/aromatic N) is 2. The maximum atomic E-state index is 9.12. The molecule has 2 aromatic carbocycles. The zero-order chi connectivity index (χ0) is 19.7. The molecule has 0 saturated heterocycles. The van der Waals surface area contributed by atoms with Crippen LogP contribution in [0.15, 0.2) is 36.5 Å². The minimum Gasteiger partial charge on any atom is -0.259 e. The van der Waals surface area contributed by atoms with E-state index >= 15 is 0 Å². The Morgan fingerprint density at radius 1 is 0.704 bits per heavy atom. The summed E-state index contributed by atoms with van der Waals surface area (Å²) in [5.74, 6) is 0. The van der Waals surface area contributed by atoms with Crippen LogP contribution in [0.25, 0.3) is 22.3 Å². The summed E-state index contributed by atoms with van der Waals surface area (Å²) in [6.07, 6.45) is 1.76. The second-order valence-corrected chi connectivity index (χ2v) is 7.95. The summed E-state index contributed by atoms with van der Waals surface area (Å²) < 4.78 is 0. The molecular weight excluding hydrogens is 469 g/mol. The van der Waals surface area contributed by atoms with Crippen molar-refractivity contribution < 1.29 is 0 Å². The van der Waals surface area contributed by atoms with Crippen molar-refractivity contribution in [3.8, 4) is 28.3 Å². The monoisotopic (exact) mass is 474 g/mol. The zero-order valence-electron chi connectivity index (χ0n) is 13.3. The lowest BCUT2D eigenvalue weighted by atomic mass is 9.98. The van der Waals surface area contributed by atoms with E-state index in [-0.39, 0.29) is 16.5 Å². The van der Waals surface area contributed by atoms with Crippen molar-refractivity contribution in [3.63, 3.8) is 0 Å². The van der Waals surface area contributed by atoms with E-state index in [2.05, 4.69) is 11.1 Å². The standard InChI is InChI=1S/C19H8Cl6N2/c20-13-4-9(5-14(21)18(13)24)11-3-12(17(1-2-26)27-8-11)10-6-15(22)19(25)16(23)7-10/h3-8H,1H2. The van der Waals surface area contributed by atoms with Crippen LogP contribution in [-0.2, 0) is 6.42 Å². The smallest absolute Gasteiger partial charge is 0.0781 e. The number of nitriles is 1. The summed E-state index contributed by atoms with van der Waals surface area (Å²) in [5.41, 5.74) is 3.46. The summed E-state index contributed by atoms with van der Waals surface area (Å²) in [4.78, 5) is 4.42. The molecule has 0 radical (unpaired) electrons. The van der Waals surface area contributed by atoms with Crippen LogP contribution in [0.2, 0.25) is 30.1 Å². The van der Waals surface area contributed by atoms with Gasteiger partial charge in [-0.2, -0.15) is 5.26 Å². The Hall–Kier alpha value is -1.18. The number of hydrogen-bond donors (Lipinski definition) is 0. The van der Waals surface area contributed by atoms with Crippen molar-refractivity contribution >= 4 is 69.6 Å². The molecule has 1 heterocycles. The van der Waals surface area contributed by atoms with Crippen molar-refractivity contribution in [1.82, 2.24) is 4.98 Å². The largest absolute Gasteiger partial charge is 0.259 e. The fourth-order valence-electron chi connectivity index (χ4n) is 2.55. The van der Waals surface area contributed by atoms with Crippen molar-refractivity contribution in [1.29, 1.82) is 5.26 Å². The van der Waals surface area contributed by atoms with Crippen molar-refractivity contribution in [2.45, 2.75) is 6.42 Å². The summed E-state index contributed by atoms with van der Waals surface area (Å²) >= 11 is 36.7. The van der Waals surface area contributed by atoms with E-state index in [0.29, 0.717) is 36.9 Å². The third-order valence-corrected chi connectivity index (χ3v) is 6.22. The third-order valence-electron chi connectivity index (χ3n) is 3.83. The summed E-state index contributed by atoms with van der Waals surface area (Å²) in [5, 5.41) is 11.0. The Morgan fingerprint density at radius 3 is 1.67 bits per heavy atom. The van der Waals surface area contributed by atoms with Gasteiger partial charge in [0.05, 0.1) is 48.3 Å². The predicted octanol–water partition coefficient (Wildman–Crippen LogP) is 8.40. The van der Waals surface area contributed by atoms with Gasteiger partial charge in [-0.3, -0.25) is 4.98 Å². The molecule has 1 aromatic heterocycles. The van der Waals surface area contributed by atoms with Gasteiger partial charge in [-0.25, -0.2) is 0 Å². The van der Waals surface area contributed by atoms with E-state index in [0.717, 1.165) is 11.1 Å². The molecule has 136 valence electrons. The summed E-state index contributed by atoms with van der Waals surface area (Å²) in [6, 6.07) is 10.7. The van der Waals surface area contributed by atoms with Gasteiger partial charge in [0.25, 0.3) is 0 Å².